The van der Waals surface area contributed by atoms with Gasteiger partial charge in [-0.2, -0.15) is 0 Å². The van der Waals surface area contributed by atoms with Crippen molar-refractivity contribution < 1.29 is 4.39 Å². The van der Waals surface area contributed by atoms with Gasteiger partial charge in [-0.1, -0.05) is 35.9 Å². The molecule has 0 saturated carbocycles. The first-order valence-corrected chi connectivity index (χ1v) is 6.98. The fourth-order valence-corrected chi connectivity index (χ4v) is 2.93. The molecule has 2 aromatic rings. The van der Waals surface area contributed by atoms with Gasteiger partial charge in [-0.15, -0.1) is 0 Å². The quantitative estimate of drug-likeness (QED) is 0.593. The SMILES string of the molecule is Fc1cccc(-c2cccc3c2N=C(Cl)NS3)c1Cl. The minimum atomic E-state index is -0.451. The van der Waals surface area contributed by atoms with Crippen LogP contribution in [-0.2, 0) is 0 Å². The lowest BCUT2D eigenvalue weighted by molar-refractivity contribution is 0.629. The van der Waals surface area contributed by atoms with Crippen molar-refractivity contribution in [2.75, 3.05) is 0 Å². The Morgan fingerprint density at radius 1 is 1.05 bits per heavy atom. The van der Waals surface area contributed by atoms with Crippen molar-refractivity contribution >= 4 is 46.1 Å². The maximum atomic E-state index is 13.6. The highest BCUT2D eigenvalue weighted by atomic mass is 35.5. The predicted molar refractivity (Wildman–Crippen MR) is 78.8 cm³/mol. The van der Waals surface area contributed by atoms with Gasteiger partial charge in [0.25, 0.3) is 0 Å². The average Bonchev–Trinajstić information content (AvgIpc) is 2.41. The molecule has 2 aromatic carbocycles. The van der Waals surface area contributed by atoms with Gasteiger partial charge in [0.15, 0.2) is 0 Å². The molecule has 0 unspecified atom stereocenters. The van der Waals surface area contributed by atoms with Gasteiger partial charge in [-0.3, -0.25) is 0 Å². The van der Waals surface area contributed by atoms with E-state index in [1.54, 1.807) is 12.1 Å². The van der Waals surface area contributed by atoms with Crippen LogP contribution in [0.5, 0.6) is 0 Å². The normalized spacial score (nSPS) is 13.5. The zero-order chi connectivity index (χ0) is 13.4. The van der Waals surface area contributed by atoms with Gasteiger partial charge in [-0.05, 0) is 35.7 Å². The molecule has 0 spiro atoms. The van der Waals surface area contributed by atoms with Gasteiger partial charge in [-0.25, -0.2) is 9.38 Å². The smallest absolute Gasteiger partial charge is 0.206 e. The van der Waals surface area contributed by atoms with Gasteiger partial charge < -0.3 is 4.72 Å². The van der Waals surface area contributed by atoms with Gasteiger partial charge in [0, 0.05) is 11.1 Å². The Hall–Kier alpha value is -1.23. The molecule has 0 saturated heterocycles. The summed E-state index contributed by atoms with van der Waals surface area (Å²) in [6.45, 7) is 0. The molecule has 19 heavy (non-hydrogen) atoms. The number of hydrogen-bond acceptors (Lipinski definition) is 3. The highest BCUT2D eigenvalue weighted by Gasteiger charge is 2.18. The van der Waals surface area contributed by atoms with E-state index in [4.69, 9.17) is 23.2 Å². The Labute approximate surface area is 123 Å². The van der Waals surface area contributed by atoms with E-state index in [0.717, 1.165) is 10.5 Å². The Kier molecular flexibility index (Phi) is 3.39. The van der Waals surface area contributed by atoms with E-state index in [1.165, 1.54) is 18.0 Å². The molecule has 1 aliphatic heterocycles. The van der Waals surface area contributed by atoms with Crippen molar-refractivity contribution in [1.82, 2.24) is 4.72 Å². The summed E-state index contributed by atoms with van der Waals surface area (Å²) >= 11 is 13.3. The largest absolute Gasteiger partial charge is 0.300 e. The maximum Gasteiger partial charge on any atom is 0.206 e. The molecule has 3 rings (SSSR count). The average molecular weight is 313 g/mol. The van der Waals surface area contributed by atoms with E-state index in [1.807, 2.05) is 18.2 Å². The maximum absolute atomic E-state index is 13.6. The number of rotatable bonds is 1. The van der Waals surface area contributed by atoms with Crippen molar-refractivity contribution in [2.45, 2.75) is 4.90 Å². The molecule has 2 nitrogen and oxygen atoms in total. The number of hydrogen-bond donors (Lipinski definition) is 1. The highest BCUT2D eigenvalue weighted by Crippen LogP contribution is 2.42. The summed E-state index contributed by atoms with van der Waals surface area (Å²) in [5, 5.41) is 0.378. The number of nitrogens with one attached hydrogen (secondary N) is 1. The molecule has 6 heteroatoms. The molecule has 0 aliphatic carbocycles. The monoisotopic (exact) mass is 312 g/mol. The number of nitrogens with zero attached hydrogens (tertiary/aromatic N) is 1. The van der Waals surface area contributed by atoms with E-state index in [9.17, 15) is 4.39 Å². The van der Waals surface area contributed by atoms with Crippen LogP contribution in [0.15, 0.2) is 46.3 Å². The van der Waals surface area contributed by atoms with E-state index in [0.29, 0.717) is 11.3 Å². The van der Waals surface area contributed by atoms with Crippen molar-refractivity contribution in [3.8, 4) is 11.1 Å². The molecular weight excluding hydrogens is 306 g/mol. The predicted octanol–water partition coefficient (Wildman–Crippen LogP) is 4.98. The second kappa shape index (κ2) is 5.04. The van der Waals surface area contributed by atoms with Crippen molar-refractivity contribution in [3.05, 3.63) is 47.2 Å². The lowest BCUT2D eigenvalue weighted by Gasteiger charge is -2.16. The van der Waals surface area contributed by atoms with E-state index in [2.05, 4.69) is 9.71 Å². The van der Waals surface area contributed by atoms with Crippen molar-refractivity contribution in [1.29, 1.82) is 0 Å². The molecule has 0 fully saturated rings. The summed E-state index contributed by atoms with van der Waals surface area (Å²) in [6.07, 6.45) is 0. The summed E-state index contributed by atoms with van der Waals surface area (Å²) in [5.74, 6) is -0.451. The number of halogens is 3. The Bertz CT molecular complexity index is 688. The minimum Gasteiger partial charge on any atom is -0.300 e. The summed E-state index contributed by atoms with van der Waals surface area (Å²) in [5.41, 5.74) is 2.06. The second-order valence-electron chi connectivity index (χ2n) is 3.86. The zero-order valence-electron chi connectivity index (χ0n) is 9.45. The highest BCUT2D eigenvalue weighted by molar-refractivity contribution is 7.98. The lowest BCUT2D eigenvalue weighted by atomic mass is 10.0. The van der Waals surface area contributed by atoms with Crippen LogP contribution >= 0.6 is 35.1 Å². The Balaban J connectivity index is 2.25. The molecule has 0 amide bonds. The summed E-state index contributed by atoms with van der Waals surface area (Å²) in [4.78, 5) is 5.18. The fourth-order valence-electron chi connectivity index (χ4n) is 1.87. The van der Waals surface area contributed by atoms with Crippen LogP contribution in [0, 0.1) is 5.82 Å². The number of fused-ring (bicyclic) bond motifs is 1. The lowest BCUT2D eigenvalue weighted by Crippen LogP contribution is -2.11. The molecule has 1 N–H and O–H groups in total. The summed E-state index contributed by atoms with van der Waals surface area (Å²) in [6, 6.07) is 10.3. The summed E-state index contributed by atoms with van der Waals surface area (Å²) in [7, 11) is 0. The fraction of sp³-hybridized carbons (Fsp3) is 0. The first kappa shape index (κ1) is 12.8. The van der Waals surface area contributed by atoms with Crippen LogP contribution in [0.1, 0.15) is 0 Å². The van der Waals surface area contributed by atoms with Crippen LogP contribution < -0.4 is 4.72 Å². The second-order valence-corrected chi connectivity index (χ2v) is 5.44. The zero-order valence-corrected chi connectivity index (χ0v) is 11.8. The van der Waals surface area contributed by atoms with E-state index < -0.39 is 5.82 Å². The van der Waals surface area contributed by atoms with Gasteiger partial charge in [0.2, 0.25) is 5.29 Å². The summed E-state index contributed by atoms with van der Waals surface area (Å²) < 4.78 is 16.4. The van der Waals surface area contributed by atoms with Crippen LogP contribution in [0.25, 0.3) is 11.1 Å². The number of amidine groups is 1. The third-order valence-electron chi connectivity index (χ3n) is 2.70. The van der Waals surface area contributed by atoms with E-state index >= 15 is 0 Å². The number of benzene rings is 2. The molecule has 1 heterocycles. The van der Waals surface area contributed by atoms with Crippen LogP contribution in [0.4, 0.5) is 10.1 Å². The van der Waals surface area contributed by atoms with Crippen LogP contribution in [0.3, 0.4) is 0 Å². The van der Waals surface area contributed by atoms with Crippen LogP contribution in [0.2, 0.25) is 5.02 Å². The number of aliphatic imine (C=N–C) groups is 1. The molecule has 0 radical (unpaired) electrons. The minimum absolute atomic E-state index is 0.0887. The molecule has 96 valence electrons. The molecule has 0 atom stereocenters. The van der Waals surface area contributed by atoms with Crippen molar-refractivity contribution in [3.63, 3.8) is 0 Å². The van der Waals surface area contributed by atoms with Crippen molar-refractivity contribution in [2.24, 2.45) is 4.99 Å². The molecule has 0 bridgehead atoms. The standard InChI is InChI=1S/C13H7Cl2FN2S/c14-11-7(3-1-5-9(11)16)8-4-2-6-10-12(8)17-13(15)18-19-10/h1-6H,(H,17,18). The Morgan fingerprint density at radius 2 is 1.79 bits per heavy atom. The van der Waals surface area contributed by atoms with Gasteiger partial charge in [0.05, 0.1) is 15.6 Å². The van der Waals surface area contributed by atoms with Crippen LogP contribution in [-0.4, -0.2) is 5.29 Å². The Morgan fingerprint density at radius 3 is 2.63 bits per heavy atom. The van der Waals surface area contributed by atoms with Gasteiger partial charge in [0.1, 0.15) is 5.82 Å². The van der Waals surface area contributed by atoms with Gasteiger partial charge >= 0.3 is 0 Å². The third kappa shape index (κ3) is 2.31. The van der Waals surface area contributed by atoms with E-state index in [-0.39, 0.29) is 10.3 Å². The first-order chi connectivity index (χ1) is 9.16. The number of para-hydroxylation sites is 1. The molecule has 1 aliphatic rings. The first-order valence-electron chi connectivity index (χ1n) is 5.41. The molecular formula is C13H7Cl2FN2S. The topological polar surface area (TPSA) is 24.4 Å². The third-order valence-corrected chi connectivity index (χ3v) is 4.22. The molecule has 0 aromatic heterocycles.